The van der Waals surface area contributed by atoms with Gasteiger partial charge in [-0.05, 0) is 49.4 Å². The highest BCUT2D eigenvalue weighted by Crippen LogP contribution is 2.45. The normalized spacial score (nSPS) is 14.4. The lowest BCUT2D eigenvalue weighted by atomic mass is 10.00. The van der Waals surface area contributed by atoms with Crippen LogP contribution in [-0.4, -0.2) is 96.7 Å². The van der Waals surface area contributed by atoms with Gasteiger partial charge in [0.05, 0.1) is 26.4 Å². The molecule has 0 aliphatic rings. The lowest BCUT2D eigenvalue weighted by molar-refractivity contribution is -0.161. The molecule has 0 aromatic rings. The molecule has 0 saturated heterocycles. The molecule has 6 atom stereocenters. The van der Waals surface area contributed by atoms with E-state index in [9.17, 15) is 43.2 Å². The second-order valence-corrected chi connectivity index (χ2v) is 32.3. The summed E-state index contributed by atoms with van der Waals surface area (Å²) in [6, 6.07) is 0. The Morgan fingerprint density at radius 2 is 0.500 bits per heavy atom. The molecule has 0 fully saturated rings. The fourth-order valence-electron chi connectivity index (χ4n) is 11.7. The number of ether oxygens (including phenoxy) is 4. The molecule has 96 heavy (non-hydrogen) atoms. The Kier molecular flexibility index (Phi) is 65.0. The third kappa shape index (κ3) is 69.2. The smallest absolute Gasteiger partial charge is 0.462 e. The van der Waals surface area contributed by atoms with E-state index in [-0.39, 0.29) is 25.7 Å². The summed E-state index contributed by atoms with van der Waals surface area (Å²) in [5.41, 5.74) is 0. The van der Waals surface area contributed by atoms with E-state index in [0.717, 1.165) is 114 Å². The SMILES string of the molecule is CCC(C)CCCCCCCCC(=O)O[C@H](COC(=O)CCCCCCCCCC(C)C)COP(=O)(O)OCC(O)COP(=O)(O)OC[C@@H](COC(=O)CCCCCCCCCCCCCCC(C)C)OC(=O)CCCCCCCCCCCCCCCCCCCCC(C)C. The molecular formula is C77H150O17P2. The van der Waals surface area contributed by atoms with Gasteiger partial charge in [0.2, 0.25) is 0 Å². The summed E-state index contributed by atoms with van der Waals surface area (Å²) in [5, 5.41) is 10.6. The van der Waals surface area contributed by atoms with E-state index in [0.29, 0.717) is 31.6 Å². The summed E-state index contributed by atoms with van der Waals surface area (Å²) in [4.78, 5) is 72.8. The lowest BCUT2D eigenvalue weighted by Crippen LogP contribution is -2.30. The van der Waals surface area contributed by atoms with E-state index in [1.807, 2.05) is 0 Å². The zero-order chi connectivity index (χ0) is 71.0. The molecule has 0 aromatic carbocycles. The first-order valence-corrected chi connectivity index (χ1v) is 42.7. The Labute approximate surface area is 588 Å². The summed E-state index contributed by atoms with van der Waals surface area (Å²) >= 11 is 0. The van der Waals surface area contributed by atoms with Gasteiger partial charge in [-0.2, -0.15) is 0 Å². The standard InChI is InChI=1S/C77H150O17P2/c1-9-70(8)56-48-40-35-36-44-52-60-77(82)94-73(64-88-75(80)58-50-42-34-28-31-39-47-55-69(6)7)66-92-96(85,86)90-62-71(78)61-89-95(83,84)91-65-72(63-87-74(79)57-49-41-32-26-22-19-18-21-25-30-38-46-54-68(4)5)93-76(81)59-51-43-33-27-23-17-15-13-11-10-12-14-16-20-24-29-37-45-53-67(2)3/h67-73,78H,9-66H2,1-8H3,(H,83,84)(H,85,86)/t70?,71?,72-,73-/m1/s1. The first-order chi connectivity index (χ1) is 46.1. The average molecular weight is 1410 g/mol. The summed E-state index contributed by atoms with van der Waals surface area (Å²) in [7, 11) is -9.91. The molecule has 4 unspecified atom stereocenters. The molecule has 0 amide bonds. The van der Waals surface area contributed by atoms with Crippen molar-refractivity contribution in [2.24, 2.45) is 23.7 Å². The zero-order valence-electron chi connectivity index (χ0n) is 63.0. The third-order valence-electron chi connectivity index (χ3n) is 18.2. The van der Waals surface area contributed by atoms with Crippen molar-refractivity contribution in [3.8, 4) is 0 Å². The van der Waals surface area contributed by atoms with E-state index in [1.165, 1.54) is 186 Å². The first-order valence-electron chi connectivity index (χ1n) is 39.7. The van der Waals surface area contributed by atoms with Gasteiger partial charge >= 0.3 is 39.5 Å². The van der Waals surface area contributed by atoms with Crippen LogP contribution in [0, 0.1) is 23.7 Å². The van der Waals surface area contributed by atoms with Crippen molar-refractivity contribution in [3.63, 3.8) is 0 Å². The van der Waals surface area contributed by atoms with Crippen LogP contribution in [0.1, 0.15) is 389 Å². The number of rotatable bonds is 74. The van der Waals surface area contributed by atoms with Crippen molar-refractivity contribution < 1.29 is 80.2 Å². The molecule has 0 heterocycles. The topological polar surface area (TPSA) is 237 Å². The molecule has 0 saturated carbocycles. The van der Waals surface area contributed by atoms with Gasteiger partial charge in [0.15, 0.2) is 12.2 Å². The number of esters is 4. The average Bonchev–Trinajstić information content (AvgIpc) is 2.05. The van der Waals surface area contributed by atoms with Crippen molar-refractivity contribution in [2.75, 3.05) is 39.6 Å². The number of aliphatic hydroxyl groups excluding tert-OH is 1. The molecule has 19 heteroatoms. The van der Waals surface area contributed by atoms with Gasteiger partial charge in [-0.15, -0.1) is 0 Å². The monoisotopic (exact) mass is 1410 g/mol. The van der Waals surface area contributed by atoms with Gasteiger partial charge in [0.25, 0.3) is 0 Å². The van der Waals surface area contributed by atoms with Gasteiger partial charge in [-0.1, -0.05) is 338 Å². The molecule has 0 aliphatic carbocycles. The second kappa shape index (κ2) is 66.3. The van der Waals surface area contributed by atoms with Crippen LogP contribution < -0.4 is 0 Å². The zero-order valence-corrected chi connectivity index (χ0v) is 64.8. The van der Waals surface area contributed by atoms with E-state index in [1.54, 1.807) is 0 Å². The molecule has 0 rings (SSSR count). The highest BCUT2D eigenvalue weighted by Gasteiger charge is 2.30. The van der Waals surface area contributed by atoms with Crippen molar-refractivity contribution in [3.05, 3.63) is 0 Å². The van der Waals surface area contributed by atoms with E-state index < -0.39 is 97.5 Å². The molecule has 0 spiro atoms. The Bertz CT molecular complexity index is 1890. The number of unbranched alkanes of at least 4 members (excludes halogenated alkanes) is 39. The Hall–Kier alpha value is -1.94. The minimum atomic E-state index is -4.96. The molecule has 570 valence electrons. The maximum absolute atomic E-state index is 13.1. The van der Waals surface area contributed by atoms with Crippen LogP contribution in [-0.2, 0) is 65.4 Å². The first kappa shape index (κ1) is 94.1. The maximum atomic E-state index is 13.1. The highest BCUT2D eigenvalue weighted by atomic mass is 31.2. The number of aliphatic hydroxyl groups is 1. The summed E-state index contributed by atoms with van der Waals surface area (Å²) in [5.74, 6) is 0.903. The number of hydrogen-bond donors (Lipinski definition) is 3. The van der Waals surface area contributed by atoms with Crippen LogP contribution in [0.5, 0.6) is 0 Å². The fraction of sp³-hybridized carbons (Fsp3) is 0.948. The van der Waals surface area contributed by atoms with Gasteiger partial charge in [0, 0.05) is 25.7 Å². The van der Waals surface area contributed by atoms with Crippen LogP contribution >= 0.6 is 15.6 Å². The summed E-state index contributed by atoms with van der Waals surface area (Å²) in [6.07, 6.45) is 51.6. The predicted molar refractivity (Wildman–Crippen MR) is 391 cm³/mol. The molecule has 0 radical (unpaired) electrons. The van der Waals surface area contributed by atoms with Gasteiger partial charge in [-0.3, -0.25) is 37.3 Å². The van der Waals surface area contributed by atoms with E-state index in [4.69, 9.17) is 37.0 Å². The molecule has 3 N–H and O–H groups in total. The number of hydrogen-bond acceptors (Lipinski definition) is 15. The Balaban J connectivity index is 5.20. The fourth-order valence-corrected chi connectivity index (χ4v) is 13.3. The largest absolute Gasteiger partial charge is 0.472 e. The minimum Gasteiger partial charge on any atom is -0.462 e. The van der Waals surface area contributed by atoms with Gasteiger partial charge in [0.1, 0.15) is 19.3 Å². The third-order valence-corrected chi connectivity index (χ3v) is 20.1. The number of phosphoric acid groups is 2. The Morgan fingerprint density at radius 3 is 0.740 bits per heavy atom. The molecule has 17 nitrogen and oxygen atoms in total. The molecule has 0 aromatic heterocycles. The quantitative estimate of drug-likeness (QED) is 0.0222. The van der Waals surface area contributed by atoms with Crippen LogP contribution in [0.15, 0.2) is 0 Å². The van der Waals surface area contributed by atoms with Gasteiger partial charge in [-0.25, -0.2) is 9.13 Å². The second-order valence-electron chi connectivity index (χ2n) is 29.4. The van der Waals surface area contributed by atoms with Crippen LogP contribution in [0.4, 0.5) is 0 Å². The van der Waals surface area contributed by atoms with Crippen LogP contribution in [0.3, 0.4) is 0 Å². The molecule has 0 bridgehead atoms. The van der Waals surface area contributed by atoms with Crippen LogP contribution in [0.2, 0.25) is 0 Å². The number of carbonyl (C=O) groups is 4. The summed E-state index contributed by atoms with van der Waals surface area (Å²) in [6.45, 7) is 14.1. The minimum absolute atomic E-state index is 0.102. The maximum Gasteiger partial charge on any atom is 0.472 e. The van der Waals surface area contributed by atoms with Crippen molar-refractivity contribution in [1.82, 2.24) is 0 Å². The van der Waals surface area contributed by atoms with E-state index in [2.05, 4.69) is 55.4 Å². The van der Waals surface area contributed by atoms with Crippen molar-refractivity contribution in [1.29, 1.82) is 0 Å². The van der Waals surface area contributed by atoms with Crippen molar-refractivity contribution in [2.45, 2.75) is 408 Å². The number of phosphoric ester groups is 2. The molecular weight excluding hydrogens is 1260 g/mol. The van der Waals surface area contributed by atoms with Gasteiger partial charge < -0.3 is 33.8 Å². The lowest BCUT2D eigenvalue weighted by Gasteiger charge is -2.21. The van der Waals surface area contributed by atoms with E-state index >= 15 is 0 Å². The number of carbonyl (C=O) groups excluding carboxylic acids is 4. The Morgan fingerprint density at radius 1 is 0.292 bits per heavy atom. The van der Waals surface area contributed by atoms with Crippen LogP contribution in [0.25, 0.3) is 0 Å². The predicted octanol–water partition coefficient (Wildman–Crippen LogP) is 22.4. The summed E-state index contributed by atoms with van der Waals surface area (Å²) < 4.78 is 68.5. The highest BCUT2D eigenvalue weighted by molar-refractivity contribution is 7.47. The van der Waals surface area contributed by atoms with Crippen molar-refractivity contribution >= 4 is 39.5 Å². The molecule has 0 aliphatic heterocycles.